The van der Waals surface area contributed by atoms with E-state index in [1.165, 1.54) is 0 Å². The Morgan fingerprint density at radius 2 is 1.77 bits per heavy atom. The Bertz CT molecular complexity index is 1060. The van der Waals surface area contributed by atoms with Crippen LogP contribution in [0.4, 0.5) is 30.8 Å². The zero-order chi connectivity index (χ0) is 22.4. The van der Waals surface area contributed by atoms with Gasteiger partial charge in [-0.1, -0.05) is 6.07 Å². The lowest BCUT2D eigenvalue weighted by molar-refractivity contribution is -0.141. The maximum Gasteiger partial charge on any atom is 0.433 e. The standard InChI is InChI=1S/C20H20F3N7O/c1-12-7-13(14-10-27-18(28-11-14)25-6-4-17(31)24-2)9-15(8-12)29-19-26-5-3-16(30-19)20(21,22)23/h3,5,7-11H,4,6H2,1-2H3,(H,24,31)(H,25,27,28)(H,26,29,30). The molecule has 0 fully saturated rings. The van der Waals surface area contributed by atoms with Gasteiger partial charge in [0.25, 0.3) is 0 Å². The summed E-state index contributed by atoms with van der Waals surface area (Å²) in [5, 5.41) is 8.30. The predicted octanol–water partition coefficient (Wildman–Crippen LogP) is 3.55. The summed E-state index contributed by atoms with van der Waals surface area (Å²) in [5.74, 6) is 0.142. The Hall–Kier alpha value is -3.76. The topological polar surface area (TPSA) is 105 Å². The van der Waals surface area contributed by atoms with Gasteiger partial charge in [-0.15, -0.1) is 0 Å². The third-order valence-corrected chi connectivity index (χ3v) is 4.18. The van der Waals surface area contributed by atoms with Gasteiger partial charge in [0.1, 0.15) is 5.69 Å². The summed E-state index contributed by atoms with van der Waals surface area (Å²) in [7, 11) is 1.57. The van der Waals surface area contributed by atoms with Crippen LogP contribution in [0.2, 0.25) is 0 Å². The quantitative estimate of drug-likeness (QED) is 0.525. The molecule has 8 nitrogen and oxygen atoms in total. The molecule has 2 heterocycles. The zero-order valence-electron chi connectivity index (χ0n) is 16.8. The number of halogens is 3. The van der Waals surface area contributed by atoms with E-state index >= 15 is 0 Å². The van der Waals surface area contributed by atoms with Crippen LogP contribution in [-0.4, -0.2) is 39.4 Å². The molecular formula is C20H20F3N7O. The summed E-state index contributed by atoms with van der Waals surface area (Å²) in [6.45, 7) is 2.26. The van der Waals surface area contributed by atoms with Crippen molar-refractivity contribution in [3.05, 3.63) is 54.1 Å². The van der Waals surface area contributed by atoms with Crippen LogP contribution in [0, 0.1) is 6.92 Å². The zero-order valence-corrected chi connectivity index (χ0v) is 16.8. The first kappa shape index (κ1) is 21.9. The Labute approximate surface area is 176 Å². The average Bonchev–Trinajstić information content (AvgIpc) is 2.73. The van der Waals surface area contributed by atoms with E-state index in [-0.39, 0.29) is 11.9 Å². The molecule has 1 amide bonds. The van der Waals surface area contributed by atoms with Gasteiger partial charge < -0.3 is 16.0 Å². The van der Waals surface area contributed by atoms with Gasteiger partial charge in [0.2, 0.25) is 17.8 Å². The smallest absolute Gasteiger partial charge is 0.359 e. The number of hydrogen-bond acceptors (Lipinski definition) is 7. The molecule has 3 N–H and O–H groups in total. The number of nitrogens with one attached hydrogen (secondary N) is 3. The molecule has 3 rings (SSSR count). The van der Waals surface area contributed by atoms with Crippen LogP contribution in [0.25, 0.3) is 11.1 Å². The number of carbonyl (C=O) groups is 1. The molecule has 0 bridgehead atoms. The summed E-state index contributed by atoms with van der Waals surface area (Å²) in [5.41, 5.74) is 1.87. The van der Waals surface area contributed by atoms with Crippen LogP contribution in [0.15, 0.2) is 42.9 Å². The maximum absolute atomic E-state index is 12.9. The molecule has 3 aromatic rings. The van der Waals surface area contributed by atoms with Crippen LogP contribution >= 0.6 is 0 Å². The molecule has 162 valence electrons. The van der Waals surface area contributed by atoms with E-state index in [4.69, 9.17) is 0 Å². The monoisotopic (exact) mass is 431 g/mol. The number of benzene rings is 1. The van der Waals surface area contributed by atoms with Crippen molar-refractivity contribution >= 4 is 23.5 Å². The fraction of sp³-hybridized carbons (Fsp3) is 0.250. The second-order valence-corrected chi connectivity index (χ2v) is 6.62. The normalized spacial score (nSPS) is 11.1. The number of amides is 1. The summed E-state index contributed by atoms with van der Waals surface area (Å²) in [6.07, 6.45) is 0.0401. The van der Waals surface area contributed by atoms with Crippen LogP contribution in [0.3, 0.4) is 0 Å². The fourth-order valence-corrected chi connectivity index (χ4v) is 2.71. The number of carbonyl (C=O) groups excluding carboxylic acids is 1. The van der Waals surface area contributed by atoms with Crippen molar-refractivity contribution in [2.45, 2.75) is 19.5 Å². The predicted molar refractivity (Wildman–Crippen MR) is 110 cm³/mol. The largest absolute Gasteiger partial charge is 0.433 e. The molecule has 0 atom stereocenters. The highest BCUT2D eigenvalue weighted by Crippen LogP contribution is 2.29. The van der Waals surface area contributed by atoms with Gasteiger partial charge in [-0.2, -0.15) is 13.2 Å². The summed E-state index contributed by atoms with van der Waals surface area (Å²) >= 11 is 0. The third-order valence-electron chi connectivity index (χ3n) is 4.18. The first-order valence-corrected chi connectivity index (χ1v) is 9.30. The highest BCUT2D eigenvalue weighted by Gasteiger charge is 2.32. The summed E-state index contributed by atoms with van der Waals surface area (Å²) < 4.78 is 38.6. The average molecular weight is 431 g/mol. The van der Waals surface area contributed by atoms with Crippen LogP contribution < -0.4 is 16.0 Å². The second-order valence-electron chi connectivity index (χ2n) is 6.62. The molecule has 0 spiro atoms. The van der Waals surface area contributed by atoms with Gasteiger partial charge >= 0.3 is 6.18 Å². The van der Waals surface area contributed by atoms with Gasteiger partial charge in [-0.25, -0.2) is 19.9 Å². The Morgan fingerprint density at radius 1 is 1.03 bits per heavy atom. The second kappa shape index (κ2) is 9.37. The van der Waals surface area contributed by atoms with E-state index in [9.17, 15) is 18.0 Å². The molecule has 0 aliphatic carbocycles. The molecule has 0 saturated carbocycles. The molecule has 0 aliphatic rings. The number of alkyl halides is 3. The van der Waals surface area contributed by atoms with E-state index in [2.05, 4.69) is 35.9 Å². The lowest BCUT2D eigenvalue weighted by Crippen LogP contribution is -2.21. The van der Waals surface area contributed by atoms with Gasteiger partial charge in [-0.3, -0.25) is 4.79 Å². The number of nitrogens with zero attached hydrogens (tertiary/aromatic N) is 4. The van der Waals surface area contributed by atoms with Crippen molar-refractivity contribution in [1.82, 2.24) is 25.3 Å². The van der Waals surface area contributed by atoms with Gasteiger partial charge in [0.05, 0.1) is 0 Å². The summed E-state index contributed by atoms with van der Waals surface area (Å²) in [6, 6.07) is 6.22. The van der Waals surface area contributed by atoms with E-state index < -0.39 is 11.9 Å². The molecular weight excluding hydrogens is 411 g/mol. The number of anilines is 3. The minimum absolute atomic E-state index is 0.0892. The van der Waals surface area contributed by atoms with Crippen molar-refractivity contribution in [2.75, 3.05) is 24.2 Å². The third kappa shape index (κ3) is 6.11. The van der Waals surface area contributed by atoms with Gasteiger partial charge in [-0.05, 0) is 36.2 Å². The first-order valence-electron chi connectivity index (χ1n) is 9.30. The number of hydrogen-bond donors (Lipinski definition) is 3. The van der Waals surface area contributed by atoms with Crippen molar-refractivity contribution in [3.8, 4) is 11.1 Å². The highest BCUT2D eigenvalue weighted by molar-refractivity contribution is 5.76. The molecule has 1 aromatic carbocycles. The van der Waals surface area contributed by atoms with Crippen molar-refractivity contribution in [2.24, 2.45) is 0 Å². The fourth-order valence-electron chi connectivity index (χ4n) is 2.71. The Kier molecular flexibility index (Phi) is 6.63. The lowest BCUT2D eigenvalue weighted by Gasteiger charge is -2.11. The number of aromatic nitrogens is 4. The first-order chi connectivity index (χ1) is 14.7. The number of rotatable bonds is 7. The van der Waals surface area contributed by atoms with E-state index in [0.717, 1.165) is 23.4 Å². The van der Waals surface area contributed by atoms with Crippen molar-refractivity contribution in [3.63, 3.8) is 0 Å². The SMILES string of the molecule is CNC(=O)CCNc1ncc(-c2cc(C)cc(Nc3nccc(C(F)(F)F)n3)c2)cn1. The molecule has 31 heavy (non-hydrogen) atoms. The van der Waals surface area contributed by atoms with E-state index in [1.54, 1.807) is 31.6 Å². The van der Waals surface area contributed by atoms with Gasteiger partial charge in [0, 0.05) is 49.9 Å². The minimum Gasteiger partial charge on any atom is -0.359 e. The van der Waals surface area contributed by atoms with Crippen molar-refractivity contribution in [1.29, 1.82) is 0 Å². The molecule has 0 saturated heterocycles. The molecule has 0 unspecified atom stereocenters. The summed E-state index contributed by atoms with van der Waals surface area (Å²) in [4.78, 5) is 27.1. The maximum atomic E-state index is 12.9. The van der Waals surface area contributed by atoms with E-state index in [1.807, 2.05) is 13.0 Å². The lowest BCUT2D eigenvalue weighted by atomic mass is 10.1. The minimum atomic E-state index is -4.55. The van der Waals surface area contributed by atoms with Crippen LogP contribution in [-0.2, 0) is 11.0 Å². The van der Waals surface area contributed by atoms with Crippen molar-refractivity contribution < 1.29 is 18.0 Å². The molecule has 11 heteroatoms. The number of aryl methyl sites for hydroxylation is 1. The van der Waals surface area contributed by atoms with Crippen LogP contribution in [0.5, 0.6) is 0 Å². The van der Waals surface area contributed by atoms with E-state index in [0.29, 0.717) is 30.2 Å². The Balaban J connectivity index is 1.75. The van der Waals surface area contributed by atoms with Crippen LogP contribution in [0.1, 0.15) is 17.7 Å². The molecule has 0 radical (unpaired) electrons. The molecule has 0 aliphatic heterocycles. The van der Waals surface area contributed by atoms with Gasteiger partial charge in [0.15, 0.2) is 0 Å². The molecule has 2 aromatic heterocycles. The Morgan fingerprint density at radius 3 is 2.45 bits per heavy atom. The highest BCUT2D eigenvalue weighted by atomic mass is 19.4.